The molecule has 1 aromatic carbocycles. The fraction of sp³-hybridized carbons (Fsp3) is 0.300. The van der Waals surface area contributed by atoms with Crippen molar-refractivity contribution in [2.75, 3.05) is 23.9 Å². The van der Waals surface area contributed by atoms with Crippen LogP contribution in [0.3, 0.4) is 0 Å². The summed E-state index contributed by atoms with van der Waals surface area (Å²) in [7, 11) is -0.882. The predicted molar refractivity (Wildman–Crippen MR) is 69.7 cm³/mol. The van der Waals surface area contributed by atoms with Gasteiger partial charge in [0.1, 0.15) is 10.8 Å². The van der Waals surface area contributed by atoms with E-state index in [-0.39, 0.29) is 10.6 Å². The van der Waals surface area contributed by atoms with E-state index in [0.717, 1.165) is 0 Å². The van der Waals surface area contributed by atoms with Crippen molar-refractivity contribution in [3.8, 4) is 0 Å². The zero-order valence-electron chi connectivity index (χ0n) is 8.83. The summed E-state index contributed by atoms with van der Waals surface area (Å²) in [6.07, 6.45) is 1.61. The molecule has 1 rings (SSSR count). The monoisotopic (exact) mass is 260 g/mol. The number of benzene rings is 1. The first-order valence-corrected chi connectivity index (χ1v) is 6.78. The zero-order valence-corrected chi connectivity index (χ0v) is 10.5. The molecule has 3 nitrogen and oxygen atoms in total. The molecule has 0 aromatic heterocycles. The van der Waals surface area contributed by atoms with E-state index in [0.29, 0.717) is 18.0 Å². The number of hydrogen-bond acceptors (Lipinski definition) is 3. The summed E-state index contributed by atoms with van der Waals surface area (Å²) in [5, 5.41) is 2.97. The Morgan fingerprint density at radius 2 is 2.31 bits per heavy atom. The summed E-state index contributed by atoms with van der Waals surface area (Å²) in [5.41, 5.74) is 6.19. The molecule has 0 aliphatic rings. The molecule has 0 heterocycles. The Hall–Kier alpha value is -1.01. The van der Waals surface area contributed by atoms with Crippen LogP contribution in [0, 0.1) is 5.82 Å². The molecule has 6 heteroatoms. The quantitative estimate of drug-likeness (QED) is 0.782. The lowest BCUT2D eigenvalue weighted by Gasteiger charge is -2.11. The van der Waals surface area contributed by atoms with Gasteiger partial charge in [-0.05, 0) is 12.1 Å². The second-order valence-electron chi connectivity index (χ2n) is 3.23. The van der Waals surface area contributed by atoms with Crippen LogP contribution in [0.5, 0.6) is 0 Å². The van der Waals surface area contributed by atoms with E-state index in [1.54, 1.807) is 18.4 Å². The summed E-state index contributed by atoms with van der Waals surface area (Å²) in [5.74, 6) is 0.0444. The van der Waals surface area contributed by atoms with Gasteiger partial charge in [-0.3, -0.25) is 4.21 Å². The molecule has 0 aliphatic carbocycles. The van der Waals surface area contributed by atoms with Crippen LogP contribution in [0.15, 0.2) is 18.2 Å². The van der Waals surface area contributed by atoms with Gasteiger partial charge in [-0.25, -0.2) is 4.39 Å². The van der Waals surface area contributed by atoms with Gasteiger partial charge >= 0.3 is 0 Å². The van der Waals surface area contributed by atoms with Gasteiger partial charge in [0.15, 0.2) is 0 Å². The van der Waals surface area contributed by atoms with E-state index in [9.17, 15) is 8.60 Å². The summed E-state index contributed by atoms with van der Waals surface area (Å²) < 4.78 is 24.3. The summed E-state index contributed by atoms with van der Waals surface area (Å²) in [4.78, 5) is 0.0122. The van der Waals surface area contributed by atoms with E-state index in [1.165, 1.54) is 6.07 Å². The average molecular weight is 260 g/mol. The predicted octanol–water partition coefficient (Wildman–Crippen LogP) is 1.25. The lowest BCUT2D eigenvalue weighted by molar-refractivity contribution is 0.626. The molecule has 1 atom stereocenters. The van der Waals surface area contributed by atoms with Crippen molar-refractivity contribution in [2.24, 2.45) is 5.73 Å². The van der Waals surface area contributed by atoms with E-state index in [1.807, 2.05) is 0 Å². The van der Waals surface area contributed by atoms with Gasteiger partial charge in [0.2, 0.25) is 0 Å². The van der Waals surface area contributed by atoms with Crippen LogP contribution < -0.4 is 11.1 Å². The molecule has 0 aliphatic heterocycles. The largest absolute Gasteiger partial charge is 0.389 e. The highest BCUT2D eigenvalue weighted by Crippen LogP contribution is 2.18. The maximum atomic E-state index is 13.4. The van der Waals surface area contributed by atoms with Crippen LogP contribution in [0.4, 0.5) is 10.1 Å². The summed E-state index contributed by atoms with van der Waals surface area (Å²) in [6, 6.07) is 4.57. The topological polar surface area (TPSA) is 55.1 Å². The summed E-state index contributed by atoms with van der Waals surface area (Å²) in [6.45, 7) is 0.488. The lowest BCUT2D eigenvalue weighted by atomic mass is 10.1. The third kappa shape index (κ3) is 3.53. The van der Waals surface area contributed by atoms with Crippen LogP contribution in [0.1, 0.15) is 5.56 Å². The standard InChI is InChI=1S/C10H13FN2OS2/c1-16(14)6-5-13-8-4-2-3-7(11)9(8)10(12)15/h2-4,13H,5-6H2,1H3,(H2,12,15). The molecule has 0 fully saturated rings. The van der Waals surface area contributed by atoms with Gasteiger partial charge in [-0.1, -0.05) is 18.3 Å². The van der Waals surface area contributed by atoms with Crippen LogP contribution in [-0.4, -0.2) is 27.8 Å². The van der Waals surface area contributed by atoms with Crippen LogP contribution in [0.25, 0.3) is 0 Å². The highest BCUT2D eigenvalue weighted by atomic mass is 32.2. The molecule has 0 spiro atoms. The van der Waals surface area contributed by atoms with Crippen molar-refractivity contribution in [1.29, 1.82) is 0 Å². The fourth-order valence-electron chi connectivity index (χ4n) is 1.25. The smallest absolute Gasteiger partial charge is 0.135 e. The Balaban J connectivity index is 2.83. The second kappa shape index (κ2) is 5.91. The average Bonchev–Trinajstić information content (AvgIpc) is 2.16. The van der Waals surface area contributed by atoms with Gasteiger partial charge in [-0.15, -0.1) is 0 Å². The van der Waals surface area contributed by atoms with Crippen LogP contribution in [0.2, 0.25) is 0 Å². The molecule has 1 unspecified atom stereocenters. The van der Waals surface area contributed by atoms with Crippen molar-refractivity contribution in [3.63, 3.8) is 0 Å². The van der Waals surface area contributed by atoms with E-state index in [2.05, 4.69) is 5.32 Å². The number of halogens is 1. The molecule has 1 aromatic rings. The van der Waals surface area contributed by atoms with Crippen molar-refractivity contribution >= 4 is 33.7 Å². The minimum absolute atomic E-state index is 0.0122. The first-order valence-electron chi connectivity index (χ1n) is 4.64. The molecule has 0 bridgehead atoms. The van der Waals surface area contributed by atoms with Crippen molar-refractivity contribution in [3.05, 3.63) is 29.6 Å². The molecule has 0 saturated heterocycles. The highest BCUT2D eigenvalue weighted by Gasteiger charge is 2.10. The van der Waals surface area contributed by atoms with Crippen molar-refractivity contribution < 1.29 is 8.60 Å². The maximum Gasteiger partial charge on any atom is 0.135 e. The normalized spacial score (nSPS) is 12.1. The Kier molecular flexibility index (Phi) is 4.82. The van der Waals surface area contributed by atoms with Gasteiger partial charge in [0.25, 0.3) is 0 Å². The second-order valence-corrected chi connectivity index (χ2v) is 5.23. The Labute approximate surface area is 102 Å². The SMILES string of the molecule is CS(=O)CCNc1cccc(F)c1C(N)=S. The fourth-order valence-corrected chi connectivity index (χ4v) is 1.85. The molecule has 88 valence electrons. The number of thiocarbonyl (C=S) groups is 1. The zero-order chi connectivity index (χ0) is 12.1. The van der Waals surface area contributed by atoms with Crippen LogP contribution >= 0.6 is 12.2 Å². The Morgan fingerprint density at radius 3 is 2.88 bits per heavy atom. The molecule has 3 N–H and O–H groups in total. The van der Waals surface area contributed by atoms with Gasteiger partial charge in [-0.2, -0.15) is 0 Å². The minimum atomic E-state index is -0.882. The lowest BCUT2D eigenvalue weighted by Crippen LogP contribution is -2.17. The van der Waals surface area contributed by atoms with E-state index >= 15 is 0 Å². The van der Waals surface area contributed by atoms with Gasteiger partial charge in [0, 0.05) is 35.0 Å². The first kappa shape index (κ1) is 13.1. The summed E-state index contributed by atoms with van der Waals surface area (Å²) >= 11 is 4.78. The number of nitrogens with two attached hydrogens (primary N) is 1. The molecule has 0 amide bonds. The highest BCUT2D eigenvalue weighted by molar-refractivity contribution is 7.84. The van der Waals surface area contributed by atoms with E-state index in [4.69, 9.17) is 18.0 Å². The number of hydrogen-bond donors (Lipinski definition) is 2. The third-order valence-corrected chi connectivity index (χ3v) is 2.95. The molecular formula is C10H13FN2OS2. The molecule has 0 radical (unpaired) electrons. The van der Waals surface area contributed by atoms with Gasteiger partial charge < -0.3 is 11.1 Å². The molecule has 0 saturated carbocycles. The maximum absolute atomic E-state index is 13.4. The first-order chi connectivity index (χ1) is 7.52. The Bertz CT molecular complexity index is 423. The number of nitrogens with one attached hydrogen (secondary N) is 1. The third-order valence-electron chi connectivity index (χ3n) is 1.96. The number of rotatable bonds is 5. The van der Waals surface area contributed by atoms with Crippen LogP contribution in [-0.2, 0) is 10.8 Å². The van der Waals surface area contributed by atoms with Crippen molar-refractivity contribution in [2.45, 2.75) is 0 Å². The Morgan fingerprint density at radius 1 is 1.62 bits per heavy atom. The molecular weight excluding hydrogens is 247 g/mol. The molecule has 16 heavy (non-hydrogen) atoms. The van der Waals surface area contributed by atoms with Gasteiger partial charge in [0.05, 0.1) is 5.56 Å². The number of anilines is 1. The van der Waals surface area contributed by atoms with E-state index < -0.39 is 16.6 Å². The minimum Gasteiger partial charge on any atom is -0.389 e. The van der Waals surface area contributed by atoms with Crippen molar-refractivity contribution in [1.82, 2.24) is 0 Å².